The molecule has 0 radical (unpaired) electrons. The van der Waals surface area contributed by atoms with E-state index in [-0.39, 0.29) is 0 Å². The normalized spacial score (nSPS) is 33.7. The Hall–Kier alpha value is -1.58. The van der Waals surface area contributed by atoms with Gasteiger partial charge in [0, 0.05) is 19.3 Å². The fourth-order valence-corrected chi connectivity index (χ4v) is 4.97. The number of nitrogens with zero attached hydrogens (tertiary/aromatic N) is 3. The van der Waals surface area contributed by atoms with Crippen LogP contribution in [0, 0.1) is 16.7 Å². The second-order valence-corrected chi connectivity index (χ2v) is 7.88. The first-order valence-corrected chi connectivity index (χ1v) is 7.94. The van der Waals surface area contributed by atoms with Crippen LogP contribution >= 0.6 is 0 Å². The summed E-state index contributed by atoms with van der Waals surface area (Å²) in [6.07, 6.45) is 7.80. The number of fused-ring (bicyclic) bond motifs is 3. The van der Waals surface area contributed by atoms with Crippen LogP contribution in [0.25, 0.3) is 11.0 Å². The lowest BCUT2D eigenvalue weighted by Gasteiger charge is -2.43. The van der Waals surface area contributed by atoms with Gasteiger partial charge >= 0.3 is 0 Å². The topological polar surface area (TPSA) is 42.7 Å². The number of rotatable bonds is 2. The molecule has 3 unspecified atom stereocenters. The van der Waals surface area contributed by atoms with Crippen LogP contribution in [0.5, 0.6) is 0 Å². The maximum Gasteiger partial charge on any atom is 0.154 e. The molecule has 2 bridgehead atoms. The molecule has 21 heavy (non-hydrogen) atoms. The molecule has 1 N–H and O–H groups in total. The van der Waals surface area contributed by atoms with Crippen molar-refractivity contribution in [3.8, 4) is 0 Å². The Morgan fingerprint density at radius 3 is 2.81 bits per heavy atom. The highest BCUT2D eigenvalue weighted by molar-refractivity contribution is 5.85. The van der Waals surface area contributed by atoms with Crippen LogP contribution in [0.2, 0.25) is 0 Å². The molecule has 2 aromatic rings. The Bertz CT molecular complexity index is 697. The van der Waals surface area contributed by atoms with Gasteiger partial charge in [-0.15, -0.1) is 0 Å². The number of anilines is 1. The molecular formula is C17H24N4. The van der Waals surface area contributed by atoms with E-state index in [2.05, 4.69) is 40.6 Å². The fraction of sp³-hybridized carbons (Fsp3) is 0.647. The maximum absolute atomic E-state index is 4.58. The zero-order valence-electron chi connectivity index (χ0n) is 13.3. The summed E-state index contributed by atoms with van der Waals surface area (Å²) in [5, 5.41) is 3.77. The second kappa shape index (κ2) is 3.99. The van der Waals surface area contributed by atoms with Crippen molar-refractivity contribution in [2.45, 2.75) is 46.1 Å². The van der Waals surface area contributed by atoms with Crippen LogP contribution in [0.1, 0.15) is 40.0 Å². The van der Waals surface area contributed by atoms with Gasteiger partial charge in [0.2, 0.25) is 0 Å². The lowest BCUT2D eigenvalue weighted by atomic mass is 9.68. The standard InChI is InChI=1S/C17H24N4/c1-16(2)11-5-7-17(3,9-11)15(16)20-14-13-12(6-8-18-14)21(4)10-19-13/h6,8,10-11,15H,5,7,9H2,1-4H3,(H,18,20). The molecule has 4 heteroatoms. The van der Waals surface area contributed by atoms with Gasteiger partial charge in [0.15, 0.2) is 5.82 Å². The minimum Gasteiger partial charge on any atom is -0.364 e. The SMILES string of the molecule is Cn1cnc2c(NC3C4(C)CCC(C4)C3(C)C)nccc21. The highest BCUT2D eigenvalue weighted by atomic mass is 15.1. The Balaban J connectivity index is 1.75. The minimum atomic E-state index is 0.325. The molecule has 2 saturated carbocycles. The Labute approximate surface area is 126 Å². The molecule has 2 aliphatic carbocycles. The summed E-state index contributed by atoms with van der Waals surface area (Å²) < 4.78 is 2.05. The van der Waals surface area contributed by atoms with Gasteiger partial charge < -0.3 is 9.88 Å². The molecule has 0 aromatic carbocycles. The molecule has 3 atom stereocenters. The monoisotopic (exact) mass is 284 g/mol. The summed E-state index contributed by atoms with van der Waals surface area (Å²) in [5.41, 5.74) is 2.85. The summed E-state index contributed by atoms with van der Waals surface area (Å²) >= 11 is 0. The fourth-order valence-electron chi connectivity index (χ4n) is 4.97. The average Bonchev–Trinajstić information content (AvgIpc) is 3.05. The van der Waals surface area contributed by atoms with E-state index in [0.717, 1.165) is 22.8 Å². The average molecular weight is 284 g/mol. The number of hydrogen-bond donors (Lipinski definition) is 1. The first-order valence-electron chi connectivity index (χ1n) is 7.94. The van der Waals surface area contributed by atoms with Crippen LogP contribution in [0.4, 0.5) is 5.82 Å². The minimum absolute atomic E-state index is 0.325. The lowest BCUT2D eigenvalue weighted by Crippen LogP contribution is -2.46. The van der Waals surface area contributed by atoms with E-state index in [4.69, 9.17) is 0 Å². The molecule has 0 aliphatic heterocycles. The number of aryl methyl sites for hydroxylation is 1. The van der Waals surface area contributed by atoms with Gasteiger partial charge in [-0.1, -0.05) is 20.8 Å². The Morgan fingerprint density at radius 2 is 2.10 bits per heavy atom. The summed E-state index contributed by atoms with van der Waals surface area (Å²) in [6.45, 7) is 7.27. The van der Waals surface area contributed by atoms with E-state index in [1.807, 2.05) is 25.6 Å². The first-order chi connectivity index (χ1) is 9.92. The van der Waals surface area contributed by atoms with Gasteiger partial charge in [-0.25, -0.2) is 9.97 Å². The largest absolute Gasteiger partial charge is 0.364 e. The summed E-state index contributed by atoms with van der Waals surface area (Å²) in [7, 11) is 2.03. The number of nitrogens with one attached hydrogen (secondary N) is 1. The molecule has 0 spiro atoms. The Kier molecular flexibility index (Phi) is 2.49. The van der Waals surface area contributed by atoms with Crippen molar-refractivity contribution < 1.29 is 0 Å². The van der Waals surface area contributed by atoms with Crippen molar-refractivity contribution in [2.24, 2.45) is 23.8 Å². The van der Waals surface area contributed by atoms with Crippen LogP contribution in [-0.2, 0) is 7.05 Å². The number of imidazole rings is 1. The number of aromatic nitrogens is 3. The van der Waals surface area contributed by atoms with E-state index in [9.17, 15) is 0 Å². The summed E-state index contributed by atoms with van der Waals surface area (Å²) in [5.74, 6) is 1.78. The molecule has 4 rings (SSSR count). The zero-order chi connectivity index (χ0) is 14.8. The quantitative estimate of drug-likeness (QED) is 0.916. The first kappa shape index (κ1) is 13.1. The molecule has 4 nitrogen and oxygen atoms in total. The van der Waals surface area contributed by atoms with Crippen LogP contribution in [0.15, 0.2) is 18.6 Å². The molecule has 2 heterocycles. The Morgan fingerprint density at radius 1 is 1.29 bits per heavy atom. The van der Waals surface area contributed by atoms with Gasteiger partial charge in [0.1, 0.15) is 5.52 Å². The third kappa shape index (κ3) is 1.68. The van der Waals surface area contributed by atoms with Gasteiger partial charge in [-0.2, -0.15) is 0 Å². The van der Waals surface area contributed by atoms with Gasteiger partial charge in [-0.05, 0) is 42.1 Å². The molecule has 0 amide bonds. The third-order valence-electron chi connectivity index (χ3n) is 6.19. The number of pyridine rings is 1. The van der Waals surface area contributed by atoms with Crippen molar-refractivity contribution in [3.63, 3.8) is 0 Å². The molecule has 112 valence electrons. The van der Waals surface area contributed by atoms with Crippen LogP contribution in [-0.4, -0.2) is 20.6 Å². The smallest absolute Gasteiger partial charge is 0.154 e. The number of hydrogen-bond acceptors (Lipinski definition) is 3. The molecular weight excluding hydrogens is 260 g/mol. The predicted octanol–water partition coefficient (Wildman–Crippen LogP) is 3.60. The molecule has 0 saturated heterocycles. The van der Waals surface area contributed by atoms with Crippen molar-refractivity contribution >= 4 is 16.9 Å². The zero-order valence-corrected chi connectivity index (χ0v) is 13.3. The highest BCUT2D eigenvalue weighted by Gasteiger charge is 2.59. The summed E-state index contributed by atoms with van der Waals surface area (Å²) in [6, 6.07) is 2.50. The molecule has 2 aliphatic rings. The van der Waals surface area contributed by atoms with Crippen LogP contribution < -0.4 is 5.32 Å². The van der Waals surface area contributed by atoms with E-state index in [1.54, 1.807) is 0 Å². The predicted molar refractivity (Wildman–Crippen MR) is 85.1 cm³/mol. The second-order valence-electron chi connectivity index (χ2n) is 7.88. The van der Waals surface area contributed by atoms with Crippen molar-refractivity contribution in [1.29, 1.82) is 0 Å². The van der Waals surface area contributed by atoms with Crippen molar-refractivity contribution in [2.75, 3.05) is 5.32 Å². The van der Waals surface area contributed by atoms with Gasteiger partial charge in [-0.3, -0.25) is 0 Å². The van der Waals surface area contributed by atoms with Crippen molar-refractivity contribution in [1.82, 2.24) is 14.5 Å². The molecule has 2 aromatic heterocycles. The summed E-state index contributed by atoms with van der Waals surface area (Å²) in [4.78, 5) is 9.11. The third-order valence-corrected chi connectivity index (χ3v) is 6.19. The van der Waals surface area contributed by atoms with Crippen LogP contribution in [0.3, 0.4) is 0 Å². The highest BCUT2D eigenvalue weighted by Crippen LogP contribution is 2.63. The van der Waals surface area contributed by atoms with Gasteiger partial charge in [0.25, 0.3) is 0 Å². The maximum atomic E-state index is 4.58. The van der Waals surface area contributed by atoms with Crippen molar-refractivity contribution in [3.05, 3.63) is 18.6 Å². The lowest BCUT2D eigenvalue weighted by molar-refractivity contribution is 0.155. The van der Waals surface area contributed by atoms with E-state index < -0.39 is 0 Å². The van der Waals surface area contributed by atoms with E-state index in [1.165, 1.54) is 19.3 Å². The van der Waals surface area contributed by atoms with E-state index in [0.29, 0.717) is 16.9 Å². The van der Waals surface area contributed by atoms with E-state index >= 15 is 0 Å². The molecule has 2 fully saturated rings. The van der Waals surface area contributed by atoms with Gasteiger partial charge in [0.05, 0.1) is 11.8 Å².